The van der Waals surface area contributed by atoms with E-state index >= 15 is 0 Å². The summed E-state index contributed by atoms with van der Waals surface area (Å²) >= 11 is 0. The van der Waals surface area contributed by atoms with Crippen LogP contribution in [0.1, 0.15) is 32.9 Å². The first-order valence-electron chi connectivity index (χ1n) is 15.1. The molecule has 0 atom stereocenters. The van der Waals surface area contributed by atoms with Crippen molar-refractivity contribution < 1.29 is 14.3 Å². The maximum Gasteiger partial charge on any atom is 0.267 e. The van der Waals surface area contributed by atoms with Gasteiger partial charge in [0.2, 0.25) is 0 Å². The summed E-state index contributed by atoms with van der Waals surface area (Å²) in [5, 5.41) is 10.3. The monoisotopic (exact) mass is 638 g/mol. The van der Waals surface area contributed by atoms with Crippen molar-refractivity contribution >= 4 is 64.1 Å². The molecule has 7 rings (SSSR count). The van der Waals surface area contributed by atoms with Crippen LogP contribution in [-0.4, -0.2) is 75.6 Å². The first kappa shape index (κ1) is 31.0. The standard InChI is InChI=1S/C34H34N8O3.ClH/c1-22-17-28(34(44)35-10-12-41-13-15-45-16-14-41)39-27(22)19-26-30-31(36-21-37-32(30)40-33(26)43)38-25-7-8-29-24(18-25)9-11-42(29)20-23-5-3-2-4-6-23;/h2-9,11,17-19,21,39H,10,12-16,20H2,1H3,(H,35,44)(H2,36,37,38,40,43);1H/b26-19-;. The van der Waals surface area contributed by atoms with E-state index in [1.807, 2.05) is 31.2 Å². The molecule has 0 unspecified atom stereocenters. The molecular formula is C34H35ClN8O3. The summed E-state index contributed by atoms with van der Waals surface area (Å²) in [6, 6.07) is 20.4. The van der Waals surface area contributed by atoms with Gasteiger partial charge >= 0.3 is 0 Å². The molecular weight excluding hydrogens is 604 g/mol. The van der Waals surface area contributed by atoms with Crippen LogP contribution in [0, 0.1) is 6.92 Å². The van der Waals surface area contributed by atoms with Gasteiger partial charge in [-0.3, -0.25) is 14.5 Å². The number of morpholine rings is 1. The van der Waals surface area contributed by atoms with E-state index in [0.29, 0.717) is 40.7 Å². The number of H-pyrrole nitrogens is 1. The number of amides is 2. The lowest BCUT2D eigenvalue weighted by Crippen LogP contribution is -2.41. The fourth-order valence-electron chi connectivity index (χ4n) is 5.83. The van der Waals surface area contributed by atoms with Crippen LogP contribution >= 0.6 is 12.4 Å². The van der Waals surface area contributed by atoms with Gasteiger partial charge in [-0.2, -0.15) is 0 Å². The molecule has 0 spiro atoms. The molecule has 2 aromatic carbocycles. The predicted molar refractivity (Wildman–Crippen MR) is 182 cm³/mol. The zero-order valence-electron chi connectivity index (χ0n) is 25.4. The van der Waals surface area contributed by atoms with Crippen molar-refractivity contribution in [1.29, 1.82) is 0 Å². The van der Waals surface area contributed by atoms with Gasteiger partial charge in [0.05, 0.1) is 24.4 Å². The molecule has 0 saturated carbocycles. The molecule has 5 heterocycles. The number of nitrogens with one attached hydrogen (secondary N) is 4. The highest BCUT2D eigenvalue weighted by Gasteiger charge is 2.30. The van der Waals surface area contributed by atoms with Crippen molar-refractivity contribution in [1.82, 2.24) is 29.7 Å². The molecule has 236 valence electrons. The number of carbonyl (C=O) groups excluding carboxylic acids is 2. The summed E-state index contributed by atoms with van der Waals surface area (Å²) in [5.74, 6) is 0.473. The van der Waals surface area contributed by atoms with E-state index in [2.05, 4.69) is 76.9 Å². The Kier molecular flexibility index (Phi) is 9.16. The number of carbonyl (C=O) groups is 2. The smallest absolute Gasteiger partial charge is 0.267 e. The number of rotatable bonds is 9. The maximum atomic E-state index is 13.1. The Morgan fingerprint density at radius 2 is 1.89 bits per heavy atom. The van der Waals surface area contributed by atoms with Crippen molar-refractivity contribution in [2.75, 3.05) is 50.0 Å². The fourth-order valence-corrected chi connectivity index (χ4v) is 5.83. The molecule has 46 heavy (non-hydrogen) atoms. The molecule has 0 bridgehead atoms. The van der Waals surface area contributed by atoms with Gasteiger partial charge in [-0.15, -0.1) is 12.4 Å². The SMILES string of the molecule is Cc1cc(C(=O)NCCN2CCOCC2)[nH]c1/C=C1\C(=O)Nc2ncnc(Nc3ccc4c(ccn4Cc4ccccc4)c3)c21.Cl. The van der Waals surface area contributed by atoms with Gasteiger partial charge in [0, 0.05) is 61.2 Å². The van der Waals surface area contributed by atoms with Crippen LogP contribution in [0.4, 0.5) is 17.3 Å². The average molecular weight is 639 g/mol. The molecule has 1 fully saturated rings. The van der Waals surface area contributed by atoms with E-state index in [1.54, 1.807) is 12.1 Å². The van der Waals surface area contributed by atoms with Crippen molar-refractivity contribution in [2.45, 2.75) is 13.5 Å². The number of ether oxygens (including phenoxy) is 1. The fraction of sp³-hybridized carbons (Fsp3) is 0.235. The van der Waals surface area contributed by atoms with Crippen molar-refractivity contribution in [3.63, 3.8) is 0 Å². The Labute approximate surface area is 272 Å². The summed E-state index contributed by atoms with van der Waals surface area (Å²) in [5.41, 5.74) is 6.14. The molecule has 0 aliphatic carbocycles. The Bertz CT molecular complexity index is 1910. The third-order valence-electron chi connectivity index (χ3n) is 8.23. The minimum absolute atomic E-state index is 0. The molecule has 1 saturated heterocycles. The number of benzene rings is 2. The topological polar surface area (TPSA) is 129 Å². The second-order valence-electron chi connectivity index (χ2n) is 11.3. The lowest BCUT2D eigenvalue weighted by molar-refractivity contribution is -0.110. The molecule has 2 amide bonds. The van der Waals surface area contributed by atoms with Gasteiger partial charge in [-0.25, -0.2) is 9.97 Å². The Balaban J connectivity index is 0.00000372. The van der Waals surface area contributed by atoms with Gasteiger partial charge in [0.25, 0.3) is 11.8 Å². The summed E-state index contributed by atoms with van der Waals surface area (Å²) in [4.78, 5) is 40.3. The lowest BCUT2D eigenvalue weighted by Gasteiger charge is -2.26. The van der Waals surface area contributed by atoms with E-state index in [-0.39, 0.29) is 24.2 Å². The quantitative estimate of drug-likeness (QED) is 0.170. The molecule has 0 radical (unpaired) electrons. The highest BCUT2D eigenvalue weighted by Crippen LogP contribution is 2.37. The average Bonchev–Trinajstić information content (AvgIpc) is 3.73. The van der Waals surface area contributed by atoms with Gasteiger partial charge in [-0.05, 0) is 54.5 Å². The molecule has 11 nitrogen and oxygen atoms in total. The molecule has 5 aromatic rings. The van der Waals surface area contributed by atoms with Crippen LogP contribution in [0.5, 0.6) is 0 Å². The highest BCUT2D eigenvalue weighted by molar-refractivity contribution is 6.35. The summed E-state index contributed by atoms with van der Waals surface area (Å²) < 4.78 is 7.61. The zero-order chi connectivity index (χ0) is 30.8. The van der Waals surface area contributed by atoms with E-state index < -0.39 is 0 Å². The predicted octanol–water partition coefficient (Wildman–Crippen LogP) is 4.84. The number of aryl methyl sites for hydroxylation is 1. The lowest BCUT2D eigenvalue weighted by atomic mass is 10.1. The number of hydrogen-bond donors (Lipinski definition) is 4. The summed E-state index contributed by atoms with van der Waals surface area (Å²) in [6.07, 6.45) is 5.27. The minimum atomic E-state index is -0.285. The molecule has 2 aliphatic heterocycles. The van der Waals surface area contributed by atoms with Crippen LogP contribution in [-0.2, 0) is 16.1 Å². The van der Waals surface area contributed by atoms with Crippen molar-refractivity contribution in [2.24, 2.45) is 0 Å². The molecule has 2 aliphatic rings. The number of fused-ring (bicyclic) bond motifs is 2. The van der Waals surface area contributed by atoms with E-state index in [9.17, 15) is 9.59 Å². The van der Waals surface area contributed by atoms with E-state index in [0.717, 1.165) is 61.5 Å². The number of halogens is 1. The molecule has 4 N–H and O–H groups in total. The second kappa shape index (κ2) is 13.6. The van der Waals surface area contributed by atoms with E-state index in [4.69, 9.17) is 4.74 Å². The Morgan fingerprint density at radius 3 is 2.72 bits per heavy atom. The van der Waals surface area contributed by atoms with Crippen LogP contribution in [0.3, 0.4) is 0 Å². The summed E-state index contributed by atoms with van der Waals surface area (Å²) in [7, 11) is 0. The number of nitrogens with zero attached hydrogens (tertiary/aromatic N) is 4. The van der Waals surface area contributed by atoms with Gasteiger partial charge in [0.15, 0.2) is 0 Å². The van der Waals surface area contributed by atoms with Crippen LogP contribution < -0.4 is 16.0 Å². The maximum absolute atomic E-state index is 13.1. The van der Waals surface area contributed by atoms with E-state index in [1.165, 1.54) is 11.9 Å². The van der Waals surface area contributed by atoms with Gasteiger partial charge in [0.1, 0.15) is 23.7 Å². The summed E-state index contributed by atoms with van der Waals surface area (Å²) in [6.45, 7) is 7.18. The third-order valence-corrected chi connectivity index (χ3v) is 8.23. The number of anilines is 3. The Morgan fingerprint density at radius 1 is 1.07 bits per heavy atom. The van der Waals surface area contributed by atoms with Crippen LogP contribution in [0.2, 0.25) is 0 Å². The highest BCUT2D eigenvalue weighted by atomic mass is 35.5. The van der Waals surface area contributed by atoms with Crippen LogP contribution in [0.25, 0.3) is 22.6 Å². The van der Waals surface area contributed by atoms with Crippen molar-refractivity contribution in [3.05, 3.63) is 101 Å². The zero-order valence-corrected chi connectivity index (χ0v) is 26.2. The van der Waals surface area contributed by atoms with Crippen LogP contribution in [0.15, 0.2) is 73.2 Å². The number of aromatic nitrogens is 4. The minimum Gasteiger partial charge on any atom is -0.379 e. The van der Waals surface area contributed by atoms with Gasteiger partial charge in [-0.1, -0.05) is 30.3 Å². The largest absolute Gasteiger partial charge is 0.379 e. The van der Waals surface area contributed by atoms with Gasteiger partial charge < -0.3 is 30.2 Å². The normalized spacial score (nSPS) is 15.4. The van der Waals surface area contributed by atoms with Crippen molar-refractivity contribution in [3.8, 4) is 0 Å². The number of hydrogen-bond acceptors (Lipinski definition) is 7. The first-order chi connectivity index (χ1) is 22.0. The third kappa shape index (κ3) is 6.52. The first-order valence-corrected chi connectivity index (χ1v) is 15.1. The Hall–Kier alpha value is -4.97. The molecule has 3 aromatic heterocycles. The molecule has 12 heteroatoms. The second-order valence-corrected chi connectivity index (χ2v) is 11.3. The number of aromatic amines is 1.